The van der Waals surface area contributed by atoms with Crippen molar-refractivity contribution >= 4 is 11.9 Å². The summed E-state index contributed by atoms with van der Waals surface area (Å²) in [7, 11) is 0. The highest BCUT2D eigenvalue weighted by Crippen LogP contribution is 2.34. The Morgan fingerprint density at radius 3 is 2.44 bits per heavy atom. The molecule has 0 aliphatic carbocycles. The maximum atomic E-state index is 11.1. The highest BCUT2D eigenvalue weighted by molar-refractivity contribution is 5.76. The first kappa shape index (κ1) is 12.6. The summed E-state index contributed by atoms with van der Waals surface area (Å²) in [4.78, 5) is 22.0. The van der Waals surface area contributed by atoms with E-state index in [0.29, 0.717) is 6.54 Å². The van der Waals surface area contributed by atoms with Gasteiger partial charge < -0.3 is 15.5 Å². The van der Waals surface area contributed by atoms with E-state index in [2.05, 4.69) is 5.32 Å². The summed E-state index contributed by atoms with van der Waals surface area (Å²) >= 11 is 0. The molecular formula is C13H15NO4. The molecule has 3 atom stereocenters. The van der Waals surface area contributed by atoms with Crippen LogP contribution < -0.4 is 5.32 Å². The fraction of sp³-hybridized carbons (Fsp3) is 0.385. The molecule has 5 heteroatoms. The third-order valence-electron chi connectivity index (χ3n) is 3.41. The summed E-state index contributed by atoms with van der Waals surface area (Å²) in [5.74, 6) is -2.43. The van der Waals surface area contributed by atoms with Crippen LogP contribution in [0.15, 0.2) is 30.3 Å². The molecule has 18 heavy (non-hydrogen) atoms. The Balaban J connectivity index is 2.24. The molecule has 0 spiro atoms. The molecule has 1 heterocycles. The summed E-state index contributed by atoms with van der Waals surface area (Å²) in [6, 6.07) is 8.66. The molecule has 1 saturated heterocycles. The van der Waals surface area contributed by atoms with Crippen LogP contribution in [0.5, 0.6) is 0 Å². The molecule has 1 aliphatic rings. The number of aliphatic carboxylic acids is 2. The first-order chi connectivity index (χ1) is 8.59. The summed E-state index contributed by atoms with van der Waals surface area (Å²) in [6.45, 7) is 0.499. The number of carbonyl (C=O) groups is 2. The van der Waals surface area contributed by atoms with Crippen LogP contribution in [0.1, 0.15) is 17.9 Å². The lowest BCUT2D eigenvalue weighted by atomic mass is 9.83. The zero-order valence-corrected chi connectivity index (χ0v) is 9.74. The van der Waals surface area contributed by atoms with Gasteiger partial charge in [0.15, 0.2) is 0 Å². The highest BCUT2D eigenvalue weighted by Gasteiger charge is 2.41. The molecule has 0 bridgehead atoms. The Hall–Kier alpha value is -1.88. The van der Waals surface area contributed by atoms with Crippen LogP contribution in [0.25, 0.3) is 0 Å². The van der Waals surface area contributed by atoms with Crippen molar-refractivity contribution in [1.82, 2.24) is 5.32 Å². The van der Waals surface area contributed by atoms with Crippen molar-refractivity contribution in [3.05, 3.63) is 35.9 Å². The Morgan fingerprint density at radius 1 is 1.22 bits per heavy atom. The van der Waals surface area contributed by atoms with Crippen LogP contribution in [0.2, 0.25) is 0 Å². The number of benzene rings is 1. The Kier molecular flexibility index (Phi) is 3.62. The lowest BCUT2D eigenvalue weighted by Crippen LogP contribution is -2.36. The Bertz CT molecular complexity index is 446. The predicted molar refractivity (Wildman–Crippen MR) is 64.4 cm³/mol. The second kappa shape index (κ2) is 5.18. The van der Waals surface area contributed by atoms with E-state index in [9.17, 15) is 9.59 Å². The third-order valence-corrected chi connectivity index (χ3v) is 3.41. The van der Waals surface area contributed by atoms with Gasteiger partial charge in [-0.1, -0.05) is 30.3 Å². The molecule has 1 aromatic rings. The minimum atomic E-state index is -0.986. The maximum absolute atomic E-state index is 11.1. The van der Waals surface area contributed by atoms with Gasteiger partial charge in [-0.2, -0.15) is 0 Å². The van der Waals surface area contributed by atoms with Gasteiger partial charge in [0.25, 0.3) is 0 Å². The number of rotatable bonds is 4. The van der Waals surface area contributed by atoms with Gasteiger partial charge in [0.05, 0.1) is 6.42 Å². The van der Waals surface area contributed by atoms with E-state index in [1.165, 1.54) is 0 Å². The number of hydrogen-bond donors (Lipinski definition) is 3. The molecular weight excluding hydrogens is 234 g/mol. The monoisotopic (exact) mass is 249 g/mol. The maximum Gasteiger partial charge on any atom is 0.321 e. The Morgan fingerprint density at radius 2 is 1.89 bits per heavy atom. The molecule has 5 nitrogen and oxygen atoms in total. The van der Waals surface area contributed by atoms with Crippen LogP contribution in [0.3, 0.4) is 0 Å². The van der Waals surface area contributed by atoms with Gasteiger partial charge in [-0.25, -0.2) is 0 Å². The van der Waals surface area contributed by atoms with Crippen molar-refractivity contribution in [3.8, 4) is 0 Å². The lowest BCUT2D eigenvalue weighted by molar-refractivity contribution is -0.142. The summed E-state index contributed by atoms with van der Waals surface area (Å²) in [5.41, 5.74) is 0.986. The normalized spacial score (nSPS) is 27.0. The SMILES string of the molecule is O=C(O)C[C@H]1[C@H](C(=O)O)NC[C@H]1c1ccccc1. The van der Waals surface area contributed by atoms with E-state index < -0.39 is 23.9 Å². The van der Waals surface area contributed by atoms with Crippen molar-refractivity contribution in [3.63, 3.8) is 0 Å². The number of carboxylic acid groups (broad SMARTS) is 2. The lowest BCUT2D eigenvalue weighted by Gasteiger charge is -2.20. The fourth-order valence-corrected chi connectivity index (χ4v) is 2.59. The molecule has 0 unspecified atom stereocenters. The van der Waals surface area contributed by atoms with Crippen molar-refractivity contribution in [1.29, 1.82) is 0 Å². The average Bonchev–Trinajstić information content (AvgIpc) is 2.73. The molecule has 2 rings (SSSR count). The van der Waals surface area contributed by atoms with Crippen molar-refractivity contribution in [2.75, 3.05) is 6.54 Å². The molecule has 0 amide bonds. The number of nitrogens with one attached hydrogen (secondary N) is 1. The molecule has 96 valence electrons. The number of carboxylic acids is 2. The zero-order chi connectivity index (χ0) is 13.1. The van der Waals surface area contributed by atoms with Gasteiger partial charge in [0, 0.05) is 18.4 Å². The molecule has 1 fully saturated rings. The first-order valence-electron chi connectivity index (χ1n) is 5.82. The van der Waals surface area contributed by atoms with Crippen LogP contribution in [-0.2, 0) is 9.59 Å². The van der Waals surface area contributed by atoms with E-state index in [1.807, 2.05) is 30.3 Å². The van der Waals surface area contributed by atoms with E-state index in [1.54, 1.807) is 0 Å². The zero-order valence-electron chi connectivity index (χ0n) is 9.74. The summed E-state index contributed by atoms with van der Waals surface area (Å²) < 4.78 is 0. The van der Waals surface area contributed by atoms with E-state index >= 15 is 0 Å². The van der Waals surface area contributed by atoms with Gasteiger partial charge in [-0.3, -0.25) is 9.59 Å². The number of hydrogen-bond acceptors (Lipinski definition) is 3. The molecule has 1 aromatic carbocycles. The fourth-order valence-electron chi connectivity index (χ4n) is 2.59. The molecule has 0 radical (unpaired) electrons. The standard InChI is InChI=1S/C13H15NO4/c15-11(16)6-9-10(7-14-12(9)13(17)18)8-4-2-1-3-5-8/h1-5,9-10,12,14H,6-7H2,(H,15,16)(H,17,18)/t9-,10+,12-/m1/s1. The first-order valence-corrected chi connectivity index (χ1v) is 5.82. The van der Waals surface area contributed by atoms with Crippen molar-refractivity contribution in [2.24, 2.45) is 5.92 Å². The second-order valence-corrected chi connectivity index (χ2v) is 4.50. The van der Waals surface area contributed by atoms with Gasteiger partial charge in [-0.15, -0.1) is 0 Å². The Labute approximate surface area is 104 Å². The van der Waals surface area contributed by atoms with Crippen molar-refractivity contribution < 1.29 is 19.8 Å². The van der Waals surface area contributed by atoms with Crippen molar-refractivity contribution in [2.45, 2.75) is 18.4 Å². The summed E-state index contributed by atoms with van der Waals surface area (Å²) in [6.07, 6.45) is -0.135. The smallest absolute Gasteiger partial charge is 0.321 e. The summed E-state index contributed by atoms with van der Waals surface area (Å²) in [5, 5.41) is 20.9. The highest BCUT2D eigenvalue weighted by atomic mass is 16.4. The van der Waals surface area contributed by atoms with Crippen LogP contribution in [0, 0.1) is 5.92 Å². The largest absolute Gasteiger partial charge is 0.481 e. The molecule has 0 aromatic heterocycles. The van der Waals surface area contributed by atoms with Crippen LogP contribution in [0.4, 0.5) is 0 Å². The van der Waals surface area contributed by atoms with Crippen LogP contribution >= 0.6 is 0 Å². The average molecular weight is 249 g/mol. The van der Waals surface area contributed by atoms with E-state index in [4.69, 9.17) is 10.2 Å². The molecule has 1 aliphatic heterocycles. The van der Waals surface area contributed by atoms with E-state index in [0.717, 1.165) is 5.56 Å². The van der Waals surface area contributed by atoms with E-state index in [-0.39, 0.29) is 12.3 Å². The van der Waals surface area contributed by atoms with Gasteiger partial charge in [0.1, 0.15) is 6.04 Å². The topological polar surface area (TPSA) is 86.6 Å². The minimum Gasteiger partial charge on any atom is -0.481 e. The quantitative estimate of drug-likeness (QED) is 0.738. The van der Waals surface area contributed by atoms with Gasteiger partial charge >= 0.3 is 11.9 Å². The third kappa shape index (κ3) is 2.51. The molecule has 0 saturated carbocycles. The van der Waals surface area contributed by atoms with Gasteiger partial charge in [0.2, 0.25) is 0 Å². The van der Waals surface area contributed by atoms with Gasteiger partial charge in [-0.05, 0) is 5.56 Å². The predicted octanol–water partition coefficient (Wildman–Crippen LogP) is 0.917. The minimum absolute atomic E-state index is 0.0663. The second-order valence-electron chi connectivity index (χ2n) is 4.50. The van der Waals surface area contributed by atoms with Crippen LogP contribution in [-0.4, -0.2) is 34.7 Å². The molecule has 3 N–H and O–H groups in total.